The minimum atomic E-state index is -3.28. The quantitative estimate of drug-likeness (QED) is 0.233. The molecule has 0 aromatic rings. The normalized spacial score (nSPS) is 10.8. The first-order valence-electron chi connectivity index (χ1n) is 6.17. The topological polar surface area (TPSA) is 52.7 Å². The monoisotopic (exact) mass is 598 g/mol. The fraction of sp³-hybridized carbons (Fsp3) is 0.900. The Morgan fingerprint density at radius 2 is 1.17 bits per heavy atom. The Labute approximate surface area is 205 Å². The number of hydrogen-bond donors (Lipinski definition) is 1. The molecule has 1 N–H and O–H groups in total. The summed E-state index contributed by atoms with van der Waals surface area (Å²) < 4.78 is 14.4. The van der Waals surface area contributed by atoms with E-state index in [-0.39, 0.29) is 78.1 Å². The third-order valence-electron chi connectivity index (χ3n) is 2.73. The van der Waals surface area contributed by atoms with E-state index >= 15 is 0 Å². The van der Waals surface area contributed by atoms with Crippen LogP contribution < -0.4 is 42.3 Å². The van der Waals surface area contributed by atoms with Crippen LogP contribution >= 0.6 is 42.4 Å². The molecule has 0 heterocycles. The van der Waals surface area contributed by atoms with Crippen molar-refractivity contribution in [3.8, 4) is 0 Å². The Kier molecular flexibility index (Phi) is 26.8. The average molecular weight is 603 g/mol. The van der Waals surface area contributed by atoms with E-state index in [0.29, 0.717) is 26.2 Å². The maximum atomic E-state index is 13.1. The fourth-order valence-corrected chi connectivity index (χ4v) is 4.68. The number of rotatable bonds is 7. The van der Waals surface area contributed by atoms with Crippen LogP contribution in [-0.4, -0.2) is 45.2 Å². The van der Waals surface area contributed by atoms with Gasteiger partial charge in [0.25, 0.3) is 9.70 Å². The molecule has 0 aliphatic rings. The van der Waals surface area contributed by atoms with Crippen molar-refractivity contribution in [1.82, 2.24) is 14.4 Å². The van der Waals surface area contributed by atoms with Gasteiger partial charge in [-0.05, 0) is 0 Å². The zero-order chi connectivity index (χ0) is 15.3. The van der Waals surface area contributed by atoms with E-state index in [1.165, 1.54) is 0 Å². The second kappa shape index (κ2) is 16.9. The molecular formula is C10H21Cl6N3NdO2P. The Morgan fingerprint density at radius 3 is 1.35 bits per heavy atom. The van der Waals surface area contributed by atoms with Gasteiger partial charge in [-0.2, -0.15) is 0 Å². The number of hydrogen-bond acceptors (Lipinski definition) is 2. The second-order valence-corrected chi connectivity index (χ2v) is 8.48. The summed E-state index contributed by atoms with van der Waals surface area (Å²) >= 11 is 16.6. The summed E-state index contributed by atoms with van der Waals surface area (Å²) in [6.07, 6.45) is 0. The van der Waals surface area contributed by atoms with Crippen LogP contribution in [0.2, 0.25) is 0 Å². The molecule has 0 rings (SSSR count). The van der Waals surface area contributed by atoms with Crippen molar-refractivity contribution in [2.24, 2.45) is 0 Å². The molecule has 23 heavy (non-hydrogen) atoms. The molecule has 0 unspecified atom stereocenters. The van der Waals surface area contributed by atoms with Crippen LogP contribution in [-0.2, 0) is 9.36 Å². The van der Waals surface area contributed by atoms with E-state index in [9.17, 15) is 9.36 Å². The molecule has 0 saturated carbocycles. The summed E-state index contributed by atoms with van der Waals surface area (Å²) in [6, 6.07) is 0. The first kappa shape index (κ1) is 36.6. The molecular weight excluding hydrogens is 582 g/mol. The Balaban J connectivity index is -0.000000270. The SMILES string of the molecule is CCN(CC)P(=O)(NC(=O)C(Cl)(Cl)Cl)N(CC)CC.[Cl-].[Cl-].[Cl-].[Nd+3]. The first-order valence-corrected chi connectivity index (χ1v) is 8.92. The van der Waals surface area contributed by atoms with Gasteiger partial charge in [0.1, 0.15) is 0 Å². The Hall–Kier alpha value is 2.71. The number of carbonyl (C=O) groups excluding carboxylic acids is 1. The predicted molar refractivity (Wildman–Crippen MR) is 81.9 cm³/mol. The molecule has 1 radical (unpaired) electrons. The molecule has 13 heteroatoms. The standard InChI is InChI=1S/C10H21Cl3N3O2P.3ClH.Nd/c1-5-15(6-2)19(18,16(7-3)8-4)14-9(17)10(11,12)13;;;;/h5-8H2,1-4H3,(H,14,17,18);3*1H;/q;;;;+3/p-3. The summed E-state index contributed by atoms with van der Waals surface area (Å²) in [7, 11) is -3.28. The number of nitrogens with zero attached hydrogens (tertiary/aromatic N) is 2. The molecule has 0 aromatic heterocycles. The van der Waals surface area contributed by atoms with Crippen molar-refractivity contribution in [3.05, 3.63) is 0 Å². The van der Waals surface area contributed by atoms with Gasteiger partial charge in [-0.25, -0.2) is 9.34 Å². The van der Waals surface area contributed by atoms with Gasteiger partial charge >= 0.3 is 48.4 Å². The molecule has 0 saturated heterocycles. The second-order valence-electron chi connectivity index (χ2n) is 3.76. The van der Waals surface area contributed by atoms with E-state index in [1.807, 2.05) is 27.7 Å². The van der Waals surface area contributed by atoms with Crippen LogP contribution in [0.25, 0.3) is 0 Å². The molecule has 0 spiro atoms. The summed E-state index contributed by atoms with van der Waals surface area (Å²) in [5.41, 5.74) is 0. The molecule has 0 aromatic carbocycles. The Morgan fingerprint density at radius 1 is 0.913 bits per heavy atom. The van der Waals surface area contributed by atoms with Crippen LogP contribution in [0.1, 0.15) is 27.7 Å². The number of amides is 1. The molecule has 139 valence electrons. The van der Waals surface area contributed by atoms with Gasteiger partial charge in [-0.3, -0.25) is 14.4 Å². The van der Waals surface area contributed by atoms with Gasteiger partial charge in [0.05, 0.1) is 0 Å². The van der Waals surface area contributed by atoms with Gasteiger partial charge in [0.15, 0.2) is 0 Å². The maximum Gasteiger partial charge on any atom is 3.00 e. The van der Waals surface area contributed by atoms with Crippen LogP contribution in [0.15, 0.2) is 0 Å². The van der Waals surface area contributed by atoms with Crippen LogP contribution in [0.5, 0.6) is 0 Å². The number of halogens is 6. The van der Waals surface area contributed by atoms with Crippen molar-refractivity contribution >= 4 is 48.3 Å². The van der Waals surface area contributed by atoms with Gasteiger partial charge in [0.2, 0.25) is 0 Å². The number of nitrogens with one attached hydrogen (secondary N) is 1. The fourth-order valence-electron chi connectivity index (χ4n) is 1.73. The van der Waals surface area contributed by atoms with E-state index in [4.69, 9.17) is 34.8 Å². The van der Waals surface area contributed by atoms with E-state index in [0.717, 1.165) is 0 Å². The van der Waals surface area contributed by atoms with Crippen molar-refractivity contribution in [1.29, 1.82) is 0 Å². The van der Waals surface area contributed by atoms with Gasteiger partial charge < -0.3 is 37.2 Å². The van der Waals surface area contributed by atoms with Crippen LogP contribution in [0.3, 0.4) is 0 Å². The van der Waals surface area contributed by atoms with Crippen LogP contribution in [0, 0.1) is 40.8 Å². The zero-order valence-corrected chi connectivity index (χ0v) is 21.9. The van der Waals surface area contributed by atoms with Crippen molar-refractivity contribution in [2.45, 2.75) is 31.5 Å². The summed E-state index contributed by atoms with van der Waals surface area (Å²) in [4.78, 5) is 11.8. The van der Waals surface area contributed by atoms with Gasteiger partial charge in [0, 0.05) is 26.2 Å². The van der Waals surface area contributed by atoms with Crippen molar-refractivity contribution < 1.29 is 87.4 Å². The van der Waals surface area contributed by atoms with E-state index in [1.54, 1.807) is 9.34 Å². The molecule has 0 bridgehead atoms. The Bertz CT molecular complexity index is 338. The first-order chi connectivity index (χ1) is 8.67. The van der Waals surface area contributed by atoms with E-state index < -0.39 is 17.3 Å². The summed E-state index contributed by atoms with van der Waals surface area (Å²) in [5.74, 6) is -0.875. The van der Waals surface area contributed by atoms with E-state index in [2.05, 4.69) is 5.09 Å². The molecule has 0 atom stereocenters. The number of alkyl halides is 3. The van der Waals surface area contributed by atoms with Crippen molar-refractivity contribution in [3.63, 3.8) is 0 Å². The molecule has 1 amide bonds. The zero-order valence-electron chi connectivity index (χ0n) is 13.3. The summed E-state index contributed by atoms with van der Waals surface area (Å²) in [6.45, 7) is 9.52. The molecule has 0 fully saturated rings. The maximum absolute atomic E-state index is 13.1. The van der Waals surface area contributed by atoms with Crippen molar-refractivity contribution in [2.75, 3.05) is 26.2 Å². The molecule has 0 aliphatic carbocycles. The third-order valence-corrected chi connectivity index (χ3v) is 6.41. The molecule has 0 aliphatic heterocycles. The summed E-state index contributed by atoms with van der Waals surface area (Å²) in [5, 5.41) is 2.41. The van der Waals surface area contributed by atoms with Gasteiger partial charge in [-0.1, -0.05) is 62.5 Å². The van der Waals surface area contributed by atoms with Crippen LogP contribution in [0.4, 0.5) is 0 Å². The largest absolute Gasteiger partial charge is 3.00 e. The minimum Gasteiger partial charge on any atom is -1.00 e. The smallest absolute Gasteiger partial charge is 1.00 e. The van der Waals surface area contributed by atoms with Gasteiger partial charge in [-0.15, -0.1) is 0 Å². The average Bonchev–Trinajstić information content (AvgIpc) is 2.30. The predicted octanol–water partition coefficient (Wildman–Crippen LogP) is -5.72. The number of carbonyl (C=O) groups is 1. The molecule has 5 nitrogen and oxygen atoms in total. The minimum absolute atomic E-state index is 0. The third kappa shape index (κ3) is 11.2.